The predicted octanol–water partition coefficient (Wildman–Crippen LogP) is 1.23. The molecule has 1 aromatic rings. The van der Waals surface area contributed by atoms with Crippen LogP contribution in [0.25, 0.3) is 0 Å². The summed E-state index contributed by atoms with van der Waals surface area (Å²) >= 11 is 0. The summed E-state index contributed by atoms with van der Waals surface area (Å²) in [5.74, 6) is -0.251. The summed E-state index contributed by atoms with van der Waals surface area (Å²) in [6.07, 6.45) is 8.09. The highest BCUT2D eigenvalue weighted by Crippen LogP contribution is 2.41. The zero-order valence-corrected chi connectivity index (χ0v) is 13.6. The summed E-state index contributed by atoms with van der Waals surface area (Å²) < 4.78 is 0. The van der Waals surface area contributed by atoms with Crippen molar-refractivity contribution < 1.29 is 9.90 Å². The van der Waals surface area contributed by atoms with Crippen LogP contribution in [0, 0.1) is 0 Å². The molecule has 0 spiro atoms. The third-order valence-electron chi connectivity index (χ3n) is 5.12. The van der Waals surface area contributed by atoms with Gasteiger partial charge >= 0.3 is 0 Å². The Kier molecular flexibility index (Phi) is 5.13. The first-order valence-electron chi connectivity index (χ1n) is 8.58. The Labute approximate surface area is 137 Å². The Morgan fingerprint density at radius 1 is 1.30 bits per heavy atom. The summed E-state index contributed by atoms with van der Waals surface area (Å²) in [4.78, 5) is 18.6. The first kappa shape index (κ1) is 16.2. The molecular formula is C17H26N4O2. The lowest BCUT2D eigenvalue weighted by molar-refractivity contribution is 0.0940. The van der Waals surface area contributed by atoms with E-state index in [-0.39, 0.29) is 19.1 Å². The van der Waals surface area contributed by atoms with Gasteiger partial charge < -0.3 is 15.7 Å². The highest BCUT2D eigenvalue weighted by molar-refractivity contribution is 5.93. The third-order valence-corrected chi connectivity index (χ3v) is 5.12. The van der Waals surface area contributed by atoms with E-state index in [1.807, 2.05) is 6.07 Å². The lowest BCUT2D eigenvalue weighted by atomic mass is 9.90. The number of aliphatic hydroxyl groups is 1. The van der Waals surface area contributed by atoms with Gasteiger partial charge in [0.15, 0.2) is 0 Å². The SMILES string of the molecule is O=C(NCCO)c1cc(NCCC23CCCN2CCC3)ccn1. The molecule has 6 heteroatoms. The average molecular weight is 318 g/mol. The van der Waals surface area contributed by atoms with E-state index in [2.05, 4.69) is 20.5 Å². The van der Waals surface area contributed by atoms with Gasteiger partial charge in [0.05, 0.1) is 6.61 Å². The molecule has 3 heterocycles. The van der Waals surface area contributed by atoms with E-state index in [1.54, 1.807) is 12.3 Å². The summed E-state index contributed by atoms with van der Waals surface area (Å²) in [7, 11) is 0. The maximum Gasteiger partial charge on any atom is 0.270 e. The van der Waals surface area contributed by atoms with Crippen molar-refractivity contribution >= 4 is 11.6 Å². The number of aromatic nitrogens is 1. The molecule has 2 aliphatic heterocycles. The van der Waals surface area contributed by atoms with Crippen LogP contribution in [0.5, 0.6) is 0 Å². The van der Waals surface area contributed by atoms with Gasteiger partial charge in [0.1, 0.15) is 5.69 Å². The molecule has 0 aromatic carbocycles. The Morgan fingerprint density at radius 2 is 2.09 bits per heavy atom. The Balaban J connectivity index is 1.53. The average Bonchev–Trinajstić information content (AvgIpc) is 3.12. The number of pyridine rings is 1. The second kappa shape index (κ2) is 7.27. The second-order valence-corrected chi connectivity index (χ2v) is 6.50. The Bertz CT molecular complexity index is 539. The van der Waals surface area contributed by atoms with E-state index in [0.717, 1.165) is 18.7 Å². The van der Waals surface area contributed by atoms with E-state index in [9.17, 15) is 4.79 Å². The van der Waals surface area contributed by atoms with E-state index in [1.165, 1.54) is 38.8 Å². The molecule has 0 radical (unpaired) electrons. The molecule has 1 aromatic heterocycles. The number of amides is 1. The summed E-state index contributed by atoms with van der Waals surface area (Å²) in [5.41, 5.74) is 1.72. The minimum Gasteiger partial charge on any atom is -0.395 e. The quantitative estimate of drug-likeness (QED) is 0.705. The first-order chi connectivity index (χ1) is 11.2. The molecule has 0 bridgehead atoms. The fourth-order valence-corrected chi connectivity index (χ4v) is 4.00. The van der Waals surface area contributed by atoms with Gasteiger partial charge in [-0.15, -0.1) is 0 Å². The molecule has 126 valence electrons. The van der Waals surface area contributed by atoms with E-state index >= 15 is 0 Å². The Morgan fingerprint density at radius 3 is 2.83 bits per heavy atom. The van der Waals surface area contributed by atoms with Crippen LogP contribution < -0.4 is 10.6 Å². The molecule has 6 nitrogen and oxygen atoms in total. The van der Waals surface area contributed by atoms with Gasteiger partial charge in [-0.05, 0) is 57.3 Å². The molecule has 2 saturated heterocycles. The minimum atomic E-state index is -0.251. The van der Waals surface area contributed by atoms with Gasteiger partial charge in [-0.2, -0.15) is 0 Å². The van der Waals surface area contributed by atoms with Crippen LogP contribution >= 0.6 is 0 Å². The Hall–Kier alpha value is -1.66. The van der Waals surface area contributed by atoms with Gasteiger partial charge in [0.25, 0.3) is 5.91 Å². The summed E-state index contributed by atoms with van der Waals surface area (Å²) in [6, 6.07) is 3.66. The zero-order valence-electron chi connectivity index (χ0n) is 13.6. The fourth-order valence-electron chi connectivity index (χ4n) is 4.00. The van der Waals surface area contributed by atoms with Crippen LogP contribution in [0.15, 0.2) is 18.3 Å². The number of carbonyl (C=O) groups is 1. The van der Waals surface area contributed by atoms with Crippen LogP contribution in [0.3, 0.4) is 0 Å². The van der Waals surface area contributed by atoms with E-state index < -0.39 is 0 Å². The maximum atomic E-state index is 11.9. The van der Waals surface area contributed by atoms with Crippen molar-refractivity contribution in [3.63, 3.8) is 0 Å². The lowest BCUT2D eigenvalue weighted by Crippen LogP contribution is -2.39. The van der Waals surface area contributed by atoms with Crippen molar-refractivity contribution in [1.82, 2.24) is 15.2 Å². The molecule has 3 N–H and O–H groups in total. The number of hydrogen-bond donors (Lipinski definition) is 3. The molecule has 0 atom stereocenters. The summed E-state index contributed by atoms with van der Waals surface area (Å²) in [6.45, 7) is 3.60. The standard InChI is InChI=1S/C17H26N4O2/c22-12-9-20-16(23)15-13-14(3-7-19-15)18-8-6-17-4-1-10-21(17)11-2-5-17/h3,7,13,22H,1-2,4-6,8-12H2,(H,18,19)(H,20,23). The molecule has 2 fully saturated rings. The second-order valence-electron chi connectivity index (χ2n) is 6.50. The van der Waals surface area contributed by atoms with E-state index in [4.69, 9.17) is 5.11 Å². The molecule has 0 aliphatic carbocycles. The zero-order chi connectivity index (χ0) is 16.1. The number of carbonyl (C=O) groups excluding carboxylic acids is 1. The van der Waals surface area contributed by atoms with Crippen molar-refractivity contribution in [2.45, 2.75) is 37.6 Å². The number of fused-ring (bicyclic) bond motifs is 1. The number of nitrogens with one attached hydrogen (secondary N) is 2. The summed E-state index contributed by atoms with van der Waals surface area (Å²) in [5, 5.41) is 14.8. The lowest BCUT2D eigenvalue weighted by Gasteiger charge is -2.32. The van der Waals surface area contributed by atoms with E-state index in [0.29, 0.717) is 11.2 Å². The van der Waals surface area contributed by atoms with Crippen LogP contribution in [-0.4, -0.2) is 59.2 Å². The van der Waals surface area contributed by atoms with Crippen molar-refractivity contribution in [3.8, 4) is 0 Å². The number of aliphatic hydroxyl groups excluding tert-OH is 1. The number of hydrogen-bond acceptors (Lipinski definition) is 5. The molecular weight excluding hydrogens is 292 g/mol. The van der Waals surface area contributed by atoms with Gasteiger partial charge in [-0.3, -0.25) is 14.7 Å². The first-order valence-corrected chi connectivity index (χ1v) is 8.58. The van der Waals surface area contributed by atoms with Crippen molar-refractivity contribution in [2.24, 2.45) is 0 Å². The third kappa shape index (κ3) is 3.64. The number of rotatable bonds is 7. The molecule has 3 rings (SSSR count). The normalized spacial score (nSPS) is 19.5. The molecule has 1 amide bonds. The molecule has 0 saturated carbocycles. The minimum absolute atomic E-state index is 0.0672. The van der Waals surface area contributed by atoms with Crippen LogP contribution in [0.2, 0.25) is 0 Å². The van der Waals surface area contributed by atoms with Crippen molar-refractivity contribution in [2.75, 3.05) is 38.1 Å². The van der Waals surface area contributed by atoms with Crippen LogP contribution in [0.1, 0.15) is 42.6 Å². The van der Waals surface area contributed by atoms with Crippen molar-refractivity contribution in [3.05, 3.63) is 24.0 Å². The van der Waals surface area contributed by atoms with Gasteiger partial charge in [0.2, 0.25) is 0 Å². The smallest absolute Gasteiger partial charge is 0.270 e. The molecule has 0 unspecified atom stereocenters. The van der Waals surface area contributed by atoms with Crippen LogP contribution in [-0.2, 0) is 0 Å². The number of anilines is 1. The maximum absolute atomic E-state index is 11.9. The molecule has 23 heavy (non-hydrogen) atoms. The van der Waals surface area contributed by atoms with Gasteiger partial charge in [0, 0.05) is 30.5 Å². The largest absolute Gasteiger partial charge is 0.395 e. The van der Waals surface area contributed by atoms with Gasteiger partial charge in [-0.25, -0.2) is 0 Å². The van der Waals surface area contributed by atoms with Crippen molar-refractivity contribution in [1.29, 1.82) is 0 Å². The highest BCUT2D eigenvalue weighted by Gasteiger charge is 2.43. The topological polar surface area (TPSA) is 77.5 Å². The number of nitrogens with zero attached hydrogens (tertiary/aromatic N) is 2. The fraction of sp³-hybridized carbons (Fsp3) is 0.647. The monoisotopic (exact) mass is 318 g/mol. The highest BCUT2D eigenvalue weighted by atomic mass is 16.3. The predicted molar refractivity (Wildman–Crippen MR) is 89.5 cm³/mol. The van der Waals surface area contributed by atoms with Gasteiger partial charge in [-0.1, -0.05) is 0 Å². The van der Waals surface area contributed by atoms with Crippen LogP contribution in [0.4, 0.5) is 5.69 Å². The molecule has 2 aliphatic rings.